The van der Waals surface area contributed by atoms with Crippen molar-refractivity contribution in [2.24, 2.45) is 0 Å². The molecule has 2 aromatic rings. The van der Waals surface area contributed by atoms with E-state index in [9.17, 15) is 13.2 Å². The van der Waals surface area contributed by atoms with Crippen LogP contribution in [0.3, 0.4) is 0 Å². The van der Waals surface area contributed by atoms with Crippen LogP contribution in [0.1, 0.15) is 0 Å². The van der Waals surface area contributed by atoms with Crippen LogP contribution in [0.15, 0.2) is 41.3 Å². The summed E-state index contributed by atoms with van der Waals surface area (Å²) >= 11 is 12.1. The number of carbonyl (C=O) groups excluding carboxylic acids is 1. The lowest BCUT2D eigenvalue weighted by Crippen LogP contribution is -2.40. The Morgan fingerprint density at radius 2 is 1.83 bits per heavy atom. The van der Waals surface area contributed by atoms with E-state index in [1.165, 1.54) is 35.7 Å². The summed E-state index contributed by atoms with van der Waals surface area (Å²) in [6, 6.07) is 9.01. The molecule has 162 valence electrons. The number of sulfonamides is 1. The van der Waals surface area contributed by atoms with Gasteiger partial charge in [0, 0.05) is 23.8 Å². The molecule has 0 atom stereocenters. The molecule has 1 aliphatic rings. The molecule has 1 amide bonds. The number of methoxy groups -OCH3 is 1. The van der Waals surface area contributed by atoms with Gasteiger partial charge in [0.1, 0.15) is 16.4 Å². The number of benzene rings is 2. The Hall–Kier alpha value is -2.04. The van der Waals surface area contributed by atoms with Crippen molar-refractivity contribution < 1.29 is 27.4 Å². The molecule has 0 spiro atoms. The maximum absolute atomic E-state index is 13.0. The minimum atomic E-state index is -3.85. The third kappa shape index (κ3) is 5.35. The second-order valence-corrected chi connectivity index (χ2v) is 9.04. The standard InChI is InChI=1S/C19H20Cl2N2O6S/c1-27-16-5-3-14(11-15(16)21)22-19(24)12-29-17-4-2-13(20)10-18(17)30(25,26)23-6-8-28-9-7-23/h2-5,10-11H,6-9,12H2,1H3,(H,22,24). The number of hydrogen-bond donors (Lipinski definition) is 1. The van der Waals surface area contributed by atoms with Gasteiger partial charge < -0.3 is 19.5 Å². The van der Waals surface area contributed by atoms with Gasteiger partial charge in [0.25, 0.3) is 5.91 Å². The molecule has 11 heteroatoms. The molecule has 0 saturated carbocycles. The topological polar surface area (TPSA) is 94.2 Å². The second kappa shape index (κ2) is 9.84. The minimum absolute atomic E-state index is 0.0359. The van der Waals surface area contributed by atoms with Gasteiger partial charge in [-0.25, -0.2) is 8.42 Å². The third-order valence-corrected chi connectivity index (χ3v) is 6.74. The number of rotatable bonds is 7. The predicted molar refractivity (Wildman–Crippen MR) is 113 cm³/mol. The number of amides is 1. The van der Waals surface area contributed by atoms with Crippen LogP contribution in [-0.4, -0.2) is 58.7 Å². The average Bonchev–Trinajstić information content (AvgIpc) is 2.73. The molecular weight excluding hydrogens is 455 g/mol. The molecule has 0 bridgehead atoms. The van der Waals surface area contributed by atoms with Crippen LogP contribution in [0.2, 0.25) is 10.0 Å². The maximum atomic E-state index is 13.0. The number of hydrogen-bond acceptors (Lipinski definition) is 6. The van der Waals surface area contributed by atoms with Crippen LogP contribution in [0.4, 0.5) is 5.69 Å². The molecule has 0 unspecified atom stereocenters. The van der Waals surface area contributed by atoms with Gasteiger partial charge in [-0.15, -0.1) is 0 Å². The number of halogens is 2. The molecule has 0 aromatic heterocycles. The van der Waals surface area contributed by atoms with Crippen molar-refractivity contribution in [2.45, 2.75) is 4.90 Å². The van der Waals surface area contributed by atoms with Gasteiger partial charge in [-0.3, -0.25) is 4.79 Å². The first-order chi connectivity index (χ1) is 14.3. The van der Waals surface area contributed by atoms with Crippen LogP contribution in [0.25, 0.3) is 0 Å². The zero-order valence-electron chi connectivity index (χ0n) is 16.1. The molecule has 1 N–H and O–H groups in total. The van der Waals surface area contributed by atoms with Crippen LogP contribution >= 0.6 is 23.2 Å². The van der Waals surface area contributed by atoms with Gasteiger partial charge in [0.2, 0.25) is 10.0 Å². The summed E-state index contributed by atoms with van der Waals surface area (Å²) in [5, 5.41) is 3.21. The monoisotopic (exact) mass is 474 g/mol. The summed E-state index contributed by atoms with van der Waals surface area (Å²) in [7, 11) is -2.37. The highest BCUT2D eigenvalue weighted by Gasteiger charge is 2.29. The molecule has 1 saturated heterocycles. The largest absolute Gasteiger partial charge is 0.495 e. The Morgan fingerprint density at radius 1 is 1.13 bits per heavy atom. The Bertz CT molecular complexity index is 1030. The highest BCUT2D eigenvalue weighted by atomic mass is 35.5. The molecule has 1 fully saturated rings. The number of carbonyl (C=O) groups is 1. The molecule has 1 aliphatic heterocycles. The van der Waals surface area contributed by atoms with Gasteiger partial charge in [-0.05, 0) is 36.4 Å². The van der Waals surface area contributed by atoms with E-state index in [0.29, 0.717) is 29.7 Å². The molecule has 1 heterocycles. The van der Waals surface area contributed by atoms with Crippen molar-refractivity contribution in [3.8, 4) is 11.5 Å². The van der Waals surface area contributed by atoms with Crippen molar-refractivity contribution >= 4 is 44.8 Å². The Kier molecular flexibility index (Phi) is 7.43. The van der Waals surface area contributed by atoms with Crippen LogP contribution in [0, 0.1) is 0 Å². The number of nitrogens with one attached hydrogen (secondary N) is 1. The van der Waals surface area contributed by atoms with E-state index < -0.39 is 22.5 Å². The average molecular weight is 475 g/mol. The van der Waals surface area contributed by atoms with E-state index in [4.69, 9.17) is 37.4 Å². The fourth-order valence-corrected chi connectivity index (χ4v) is 4.87. The highest BCUT2D eigenvalue weighted by molar-refractivity contribution is 7.89. The van der Waals surface area contributed by atoms with Crippen molar-refractivity contribution in [3.63, 3.8) is 0 Å². The minimum Gasteiger partial charge on any atom is -0.495 e. The number of nitrogens with zero attached hydrogens (tertiary/aromatic N) is 1. The fourth-order valence-electron chi connectivity index (χ4n) is 2.81. The van der Waals surface area contributed by atoms with E-state index in [2.05, 4.69) is 5.32 Å². The SMILES string of the molecule is COc1ccc(NC(=O)COc2ccc(Cl)cc2S(=O)(=O)N2CCOCC2)cc1Cl. The van der Waals surface area contributed by atoms with Crippen LogP contribution in [-0.2, 0) is 19.6 Å². The lowest BCUT2D eigenvalue weighted by molar-refractivity contribution is -0.118. The van der Waals surface area contributed by atoms with Crippen molar-refractivity contribution in [2.75, 3.05) is 45.3 Å². The fraction of sp³-hybridized carbons (Fsp3) is 0.316. The Morgan fingerprint density at radius 3 is 2.50 bits per heavy atom. The van der Waals surface area contributed by atoms with E-state index in [1.807, 2.05) is 0 Å². The zero-order chi connectivity index (χ0) is 21.7. The van der Waals surface area contributed by atoms with Crippen LogP contribution in [0.5, 0.6) is 11.5 Å². The summed E-state index contributed by atoms with van der Waals surface area (Å²) in [6.45, 7) is 0.669. The molecule has 8 nitrogen and oxygen atoms in total. The summed E-state index contributed by atoms with van der Waals surface area (Å²) in [4.78, 5) is 12.2. The first-order valence-electron chi connectivity index (χ1n) is 8.95. The van der Waals surface area contributed by atoms with E-state index in [1.54, 1.807) is 12.1 Å². The van der Waals surface area contributed by atoms with Gasteiger partial charge in [-0.2, -0.15) is 4.31 Å². The van der Waals surface area contributed by atoms with Gasteiger partial charge >= 0.3 is 0 Å². The summed E-state index contributed by atoms with van der Waals surface area (Å²) in [6.07, 6.45) is 0. The van der Waals surface area contributed by atoms with Crippen molar-refractivity contribution in [3.05, 3.63) is 46.4 Å². The number of anilines is 1. The smallest absolute Gasteiger partial charge is 0.262 e. The summed E-state index contributed by atoms with van der Waals surface area (Å²) in [5.41, 5.74) is 0.451. The summed E-state index contributed by atoms with van der Waals surface area (Å²) in [5.74, 6) is 0.0275. The second-order valence-electron chi connectivity index (χ2n) is 6.29. The molecule has 3 rings (SSSR count). The first-order valence-corrected chi connectivity index (χ1v) is 11.1. The van der Waals surface area contributed by atoms with E-state index in [-0.39, 0.29) is 28.8 Å². The predicted octanol–water partition coefficient (Wildman–Crippen LogP) is 3.04. The van der Waals surface area contributed by atoms with E-state index >= 15 is 0 Å². The lowest BCUT2D eigenvalue weighted by atomic mass is 10.3. The first kappa shape index (κ1) is 22.6. The number of morpholine rings is 1. The molecule has 0 aliphatic carbocycles. The summed E-state index contributed by atoms with van der Waals surface area (Å²) < 4.78 is 43.1. The van der Waals surface area contributed by atoms with Gasteiger partial charge in [-0.1, -0.05) is 23.2 Å². The molecule has 0 radical (unpaired) electrons. The molecular formula is C19H20Cl2N2O6S. The molecule has 2 aromatic carbocycles. The van der Waals surface area contributed by atoms with Gasteiger partial charge in [0.15, 0.2) is 6.61 Å². The Labute approximate surface area is 184 Å². The molecule has 30 heavy (non-hydrogen) atoms. The quantitative estimate of drug-likeness (QED) is 0.662. The van der Waals surface area contributed by atoms with Crippen molar-refractivity contribution in [1.29, 1.82) is 0 Å². The van der Waals surface area contributed by atoms with Crippen molar-refractivity contribution in [1.82, 2.24) is 4.31 Å². The van der Waals surface area contributed by atoms with E-state index in [0.717, 1.165) is 0 Å². The zero-order valence-corrected chi connectivity index (χ0v) is 18.4. The normalized spacial score (nSPS) is 14.9. The van der Waals surface area contributed by atoms with Gasteiger partial charge in [0.05, 0.1) is 25.3 Å². The third-order valence-electron chi connectivity index (χ3n) is 4.29. The highest BCUT2D eigenvalue weighted by Crippen LogP contribution is 2.31. The Balaban J connectivity index is 1.72. The lowest BCUT2D eigenvalue weighted by Gasteiger charge is -2.26. The number of ether oxygens (including phenoxy) is 3. The van der Waals surface area contributed by atoms with Crippen LogP contribution < -0.4 is 14.8 Å². The maximum Gasteiger partial charge on any atom is 0.262 e.